The molecule has 2 aromatic heterocycles. The van der Waals surface area contributed by atoms with Gasteiger partial charge in [-0.15, -0.1) is 11.3 Å². The molecule has 0 bridgehead atoms. The zero-order valence-electron chi connectivity index (χ0n) is 14.0. The van der Waals surface area contributed by atoms with Crippen LogP contribution in [0.25, 0.3) is 21.3 Å². The highest BCUT2D eigenvalue weighted by Crippen LogP contribution is 2.39. The zero-order valence-corrected chi connectivity index (χ0v) is 17.2. The predicted octanol–water partition coefficient (Wildman–Crippen LogP) is 5.61. The molecule has 0 saturated carbocycles. The van der Waals surface area contributed by atoms with Gasteiger partial charge in [-0.1, -0.05) is 33.6 Å². The van der Waals surface area contributed by atoms with Gasteiger partial charge in [0.1, 0.15) is 10.7 Å². The molecule has 0 unspecified atom stereocenters. The molecule has 0 spiro atoms. The van der Waals surface area contributed by atoms with Crippen LogP contribution in [0.2, 0.25) is 5.02 Å². The fourth-order valence-electron chi connectivity index (χ4n) is 2.67. The molecule has 28 heavy (non-hydrogen) atoms. The molecule has 2 N–H and O–H groups in total. The second-order valence-electron chi connectivity index (χ2n) is 5.76. The van der Waals surface area contributed by atoms with E-state index in [0.717, 1.165) is 20.1 Å². The highest BCUT2D eigenvalue weighted by Gasteiger charge is 2.18. The van der Waals surface area contributed by atoms with E-state index in [9.17, 15) is 9.18 Å². The predicted molar refractivity (Wildman–Crippen MR) is 114 cm³/mol. The second kappa shape index (κ2) is 7.83. The maximum absolute atomic E-state index is 13.1. The first kappa shape index (κ1) is 18.8. The van der Waals surface area contributed by atoms with Crippen molar-refractivity contribution in [3.8, 4) is 11.3 Å². The van der Waals surface area contributed by atoms with Crippen molar-refractivity contribution in [3.63, 3.8) is 0 Å². The number of rotatable bonds is 4. The number of hydrogen-bond donors (Lipinski definition) is 2. The van der Waals surface area contributed by atoms with E-state index in [2.05, 4.69) is 36.7 Å². The van der Waals surface area contributed by atoms with Gasteiger partial charge in [0.15, 0.2) is 0 Å². The summed E-state index contributed by atoms with van der Waals surface area (Å²) in [4.78, 5) is 12.9. The van der Waals surface area contributed by atoms with E-state index in [1.165, 1.54) is 29.7 Å². The Balaban J connectivity index is 1.54. The summed E-state index contributed by atoms with van der Waals surface area (Å²) >= 11 is 11.1. The Morgan fingerprint density at radius 2 is 2.07 bits per heavy atom. The monoisotopic (exact) mass is 476 g/mol. The minimum absolute atomic E-state index is 0.322. The summed E-state index contributed by atoms with van der Waals surface area (Å²) in [6.07, 6.45) is 3.04. The van der Waals surface area contributed by atoms with Gasteiger partial charge in [0.2, 0.25) is 0 Å². The van der Waals surface area contributed by atoms with E-state index in [1.54, 1.807) is 18.3 Å². The Hall–Kier alpha value is -2.55. The van der Waals surface area contributed by atoms with Crippen molar-refractivity contribution in [1.29, 1.82) is 0 Å². The third kappa shape index (κ3) is 3.58. The summed E-state index contributed by atoms with van der Waals surface area (Å²) in [6, 6.07) is 11.6. The topological polar surface area (TPSA) is 70.1 Å². The number of amides is 1. The quantitative estimate of drug-likeness (QED) is 0.296. The number of H-pyrrole nitrogens is 1. The van der Waals surface area contributed by atoms with Gasteiger partial charge < -0.3 is 0 Å². The Bertz CT molecular complexity index is 1200. The van der Waals surface area contributed by atoms with Crippen LogP contribution in [0, 0.1) is 5.82 Å². The van der Waals surface area contributed by atoms with Crippen molar-refractivity contribution in [3.05, 3.63) is 74.4 Å². The SMILES string of the molecule is O=C(N/N=C\c1cn[nH]c1-c1ccc(F)cc1)c1sc2cccc(Br)c2c1Cl. The lowest BCUT2D eigenvalue weighted by atomic mass is 10.1. The average Bonchev–Trinajstić information content (AvgIpc) is 3.28. The fraction of sp³-hybridized carbons (Fsp3) is 0. The van der Waals surface area contributed by atoms with E-state index >= 15 is 0 Å². The summed E-state index contributed by atoms with van der Waals surface area (Å²) in [7, 11) is 0. The van der Waals surface area contributed by atoms with Gasteiger partial charge in [-0.3, -0.25) is 9.89 Å². The maximum atomic E-state index is 13.1. The number of hydrogen-bond acceptors (Lipinski definition) is 4. The maximum Gasteiger partial charge on any atom is 0.283 e. The number of carbonyl (C=O) groups excluding carboxylic acids is 1. The Kier molecular flexibility index (Phi) is 5.25. The molecule has 0 aliphatic heterocycles. The molecule has 4 aromatic rings. The van der Waals surface area contributed by atoms with Crippen LogP contribution >= 0.6 is 38.9 Å². The lowest BCUT2D eigenvalue weighted by Crippen LogP contribution is -2.16. The lowest BCUT2D eigenvalue weighted by Gasteiger charge is -2.00. The van der Waals surface area contributed by atoms with Crippen molar-refractivity contribution >= 4 is 61.1 Å². The van der Waals surface area contributed by atoms with Crippen LogP contribution in [0.4, 0.5) is 4.39 Å². The summed E-state index contributed by atoms with van der Waals surface area (Å²) in [6.45, 7) is 0. The van der Waals surface area contributed by atoms with Crippen molar-refractivity contribution in [1.82, 2.24) is 15.6 Å². The van der Waals surface area contributed by atoms with E-state index in [4.69, 9.17) is 11.6 Å². The fourth-order valence-corrected chi connectivity index (χ4v) is 4.95. The number of halogens is 3. The molecule has 0 saturated heterocycles. The van der Waals surface area contributed by atoms with Crippen molar-refractivity contribution < 1.29 is 9.18 Å². The number of aromatic nitrogens is 2. The summed E-state index contributed by atoms with van der Waals surface area (Å²) < 4.78 is 14.8. The van der Waals surface area contributed by atoms with Crippen LogP contribution in [-0.2, 0) is 0 Å². The first-order valence-electron chi connectivity index (χ1n) is 8.04. The Morgan fingerprint density at radius 3 is 2.82 bits per heavy atom. The number of aromatic amines is 1. The molecule has 2 aromatic carbocycles. The van der Waals surface area contributed by atoms with Gasteiger partial charge in [0.25, 0.3) is 5.91 Å². The first-order valence-corrected chi connectivity index (χ1v) is 10.0. The standard InChI is InChI=1S/C19H11BrClFN4OS/c20-13-2-1-3-14-15(13)16(21)18(28-14)19(27)26-24-9-11-8-23-25-17(11)10-4-6-12(22)7-5-10/h1-9H,(H,23,25)(H,26,27)/b24-9-. The van der Waals surface area contributed by atoms with Crippen molar-refractivity contribution in [2.24, 2.45) is 5.10 Å². The third-order valence-electron chi connectivity index (χ3n) is 3.98. The van der Waals surface area contributed by atoms with Crippen LogP contribution < -0.4 is 5.43 Å². The molecule has 0 radical (unpaired) electrons. The highest BCUT2D eigenvalue weighted by atomic mass is 79.9. The molecule has 1 amide bonds. The second-order valence-corrected chi connectivity index (χ2v) is 8.05. The minimum Gasteiger partial charge on any atom is -0.277 e. The summed E-state index contributed by atoms with van der Waals surface area (Å²) in [5, 5.41) is 12.0. The number of fused-ring (bicyclic) bond motifs is 1. The zero-order chi connectivity index (χ0) is 19.7. The van der Waals surface area contributed by atoms with E-state index < -0.39 is 5.91 Å². The van der Waals surface area contributed by atoms with Gasteiger partial charge in [-0.05, 0) is 36.4 Å². The molecule has 140 valence electrons. The van der Waals surface area contributed by atoms with Crippen LogP contribution in [0.5, 0.6) is 0 Å². The number of nitrogens with one attached hydrogen (secondary N) is 2. The molecule has 0 atom stereocenters. The number of hydrazone groups is 1. The third-order valence-corrected chi connectivity index (χ3v) is 6.29. The Labute approximate surface area is 176 Å². The largest absolute Gasteiger partial charge is 0.283 e. The van der Waals surface area contributed by atoms with Gasteiger partial charge in [-0.2, -0.15) is 10.2 Å². The molecular weight excluding hydrogens is 467 g/mol. The normalized spacial score (nSPS) is 11.4. The Morgan fingerprint density at radius 1 is 1.29 bits per heavy atom. The van der Waals surface area contributed by atoms with Crippen molar-refractivity contribution in [2.45, 2.75) is 0 Å². The van der Waals surface area contributed by atoms with Gasteiger partial charge in [-0.25, -0.2) is 9.82 Å². The molecule has 9 heteroatoms. The minimum atomic E-state index is -0.402. The van der Waals surface area contributed by atoms with E-state index in [0.29, 0.717) is 21.2 Å². The summed E-state index contributed by atoms with van der Waals surface area (Å²) in [5.74, 6) is -0.723. The molecule has 4 rings (SSSR count). The van der Waals surface area contributed by atoms with Crippen LogP contribution in [0.1, 0.15) is 15.2 Å². The van der Waals surface area contributed by atoms with Crippen LogP contribution in [0.15, 0.2) is 58.2 Å². The highest BCUT2D eigenvalue weighted by molar-refractivity contribution is 9.10. The average molecular weight is 478 g/mol. The number of nitrogens with zero attached hydrogens (tertiary/aromatic N) is 2. The number of thiophene rings is 1. The first-order chi connectivity index (χ1) is 13.5. The summed E-state index contributed by atoms with van der Waals surface area (Å²) in [5.41, 5.74) is 4.56. The lowest BCUT2D eigenvalue weighted by molar-refractivity contribution is 0.0959. The van der Waals surface area contributed by atoms with Gasteiger partial charge >= 0.3 is 0 Å². The molecule has 2 heterocycles. The van der Waals surface area contributed by atoms with Gasteiger partial charge in [0.05, 0.1) is 23.1 Å². The van der Waals surface area contributed by atoms with Crippen LogP contribution in [0.3, 0.4) is 0 Å². The molecule has 0 aliphatic rings. The van der Waals surface area contributed by atoms with Gasteiger partial charge in [0, 0.05) is 25.7 Å². The number of carbonyl (C=O) groups is 1. The van der Waals surface area contributed by atoms with E-state index in [-0.39, 0.29) is 5.82 Å². The molecule has 0 aliphatic carbocycles. The smallest absolute Gasteiger partial charge is 0.277 e. The van der Waals surface area contributed by atoms with Crippen molar-refractivity contribution in [2.75, 3.05) is 0 Å². The number of benzene rings is 2. The van der Waals surface area contributed by atoms with Crippen LogP contribution in [-0.4, -0.2) is 22.3 Å². The molecular formula is C19H11BrClFN4OS. The molecule has 0 fully saturated rings. The van der Waals surface area contributed by atoms with E-state index in [1.807, 2.05) is 18.2 Å². The molecule has 5 nitrogen and oxygen atoms in total.